The Kier molecular flexibility index (Phi) is 7.84. The average molecular weight is 461 g/mol. The molecule has 31 heavy (non-hydrogen) atoms. The number of benzene rings is 2. The predicted molar refractivity (Wildman–Crippen MR) is 123 cm³/mol. The van der Waals surface area contributed by atoms with E-state index in [9.17, 15) is 13.2 Å². The van der Waals surface area contributed by atoms with Crippen LogP contribution in [0.1, 0.15) is 11.1 Å². The zero-order valence-corrected chi connectivity index (χ0v) is 18.8. The molecule has 1 aliphatic rings. The van der Waals surface area contributed by atoms with Gasteiger partial charge < -0.3 is 10.2 Å². The van der Waals surface area contributed by atoms with Crippen molar-refractivity contribution < 1.29 is 13.2 Å². The van der Waals surface area contributed by atoms with Gasteiger partial charge in [0.2, 0.25) is 5.91 Å². The van der Waals surface area contributed by atoms with E-state index in [-0.39, 0.29) is 28.2 Å². The fourth-order valence-corrected chi connectivity index (χ4v) is 4.73. The number of halogens is 1. The smallest absolute Gasteiger partial charge is 0.246 e. The molecule has 2 N–H and O–H groups in total. The topological polar surface area (TPSA) is 90.9 Å². The normalized spacial score (nSPS) is 13.8. The van der Waals surface area contributed by atoms with Crippen LogP contribution in [0.2, 0.25) is 5.02 Å². The molecule has 0 bridgehead atoms. The molecule has 1 amide bonds. The molecule has 0 saturated heterocycles. The highest BCUT2D eigenvalue weighted by molar-refractivity contribution is 7.91. The van der Waals surface area contributed by atoms with Gasteiger partial charge in [-0.15, -0.1) is 0 Å². The number of hydrogen-bond acceptors (Lipinski definition) is 6. The molecule has 0 spiro atoms. The summed E-state index contributed by atoms with van der Waals surface area (Å²) in [6.07, 6.45) is 3.04. The van der Waals surface area contributed by atoms with Crippen LogP contribution in [0, 0.1) is 0 Å². The maximum absolute atomic E-state index is 12.3. The maximum Gasteiger partial charge on any atom is 0.246 e. The van der Waals surface area contributed by atoms with Crippen LogP contribution in [0.25, 0.3) is 0 Å². The molecule has 0 saturated carbocycles. The van der Waals surface area contributed by atoms with Gasteiger partial charge in [0.25, 0.3) is 0 Å². The standard InChI is InChI=1S/C22H25ClN4O3S/c1-27(15-17-8-10-18(11-9-17)22-25-13-14-26-22)21(28)7-4-12-24-16-31(29,30)20-6-3-2-5-19(20)23/h2-11,24H,12-16H2,1H3,(H,25,26). The van der Waals surface area contributed by atoms with Crippen molar-refractivity contribution in [2.75, 3.05) is 32.6 Å². The first-order valence-electron chi connectivity index (χ1n) is 9.84. The minimum absolute atomic E-state index is 0.0887. The van der Waals surface area contributed by atoms with Gasteiger partial charge in [-0.05, 0) is 17.7 Å². The summed E-state index contributed by atoms with van der Waals surface area (Å²) in [6, 6.07) is 14.2. The van der Waals surface area contributed by atoms with Crippen LogP contribution in [0.4, 0.5) is 0 Å². The van der Waals surface area contributed by atoms with Crippen molar-refractivity contribution in [2.45, 2.75) is 11.4 Å². The summed E-state index contributed by atoms with van der Waals surface area (Å²) in [4.78, 5) is 18.4. The summed E-state index contributed by atoms with van der Waals surface area (Å²) in [5, 5.41) is 6.23. The van der Waals surface area contributed by atoms with Crippen molar-refractivity contribution in [2.24, 2.45) is 4.99 Å². The van der Waals surface area contributed by atoms with Crippen molar-refractivity contribution in [3.63, 3.8) is 0 Å². The number of hydrogen-bond donors (Lipinski definition) is 2. The van der Waals surface area contributed by atoms with E-state index >= 15 is 0 Å². The van der Waals surface area contributed by atoms with Gasteiger partial charge in [-0.2, -0.15) is 0 Å². The van der Waals surface area contributed by atoms with E-state index in [1.807, 2.05) is 24.3 Å². The van der Waals surface area contributed by atoms with E-state index in [4.69, 9.17) is 11.6 Å². The predicted octanol–water partition coefficient (Wildman–Crippen LogP) is 2.23. The number of carbonyl (C=O) groups is 1. The number of nitrogens with one attached hydrogen (secondary N) is 2. The number of sulfone groups is 1. The molecular weight excluding hydrogens is 436 g/mol. The molecule has 0 unspecified atom stereocenters. The second-order valence-electron chi connectivity index (χ2n) is 7.09. The lowest BCUT2D eigenvalue weighted by Crippen LogP contribution is -2.26. The van der Waals surface area contributed by atoms with E-state index in [2.05, 4.69) is 15.6 Å². The molecule has 0 radical (unpaired) electrons. The highest BCUT2D eigenvalue weighted by Gasteiger charge is 2.16. The van der Waals surface area contributed by atoms with Gasteiger partial charge in [-0.25, -0.2) is 8.42 Å². The largest absolute Gasteiger partial charge is 0.368 e. The van der Waals surface area contributed by atoms with Gasteiger partial charge in [-0.3, -0.25) is 15.1 Å². The third-order valence-electron chi connectivity index (χ3n) is 4.68. The lowest BCUT2D eigenvalue weighted by Gasteiger charge is -2.15. The van der Waals surface area contributed by atoms with Crippen molar-refractivity contribution in [1.82, 2.24) is 15.5 Å². The molecule has 2 aromatic rings. The lowest BCUT2D eigenvalue weighted by molar-refractivity contribution is -0.125. The van der Waals surface area contributed by atoms with Crippen molar-refractivity contribution in [3.8, 4) is 0 Å². The third kappa shape index (κ3) is 6.40. The Morgan fingerprint density at radius 3 is 2.65 bits per heavy atom. The number of amides is 1. The van der Waals surface area contributed by atoms with Crippen LogP contribution in [0.15, 0.2) is 70.6 Å². The molecular formula is C22H25ClN4O3S. The Bertz CT molecular complexity index is 1080. The molecule has 0 aliphatic carbocycles. The Morgan fingerprint density at radius 1 is 1.23 bits per heavy atom. The van der Waals surface area contributed by atoms with Gasteiger partial charge in [0.05, 0.1) is 16.5 Å². The van der Waals surface area contributed by atoms with E-state index in [1.165, 1.54) is 18.2 Å². The van der Waals surface area contributed by atoms with Gasteiger partial charge in [-0.1, -0.05) is 54.1 Å². The first kappa shape index (κ1) is 23.0. The molecule has 9 heteroatoms. The van der Waals surface area contributed by atoms with Gasteiger partial charge in [0.1, 0.15) is 11.7 Å². The summed E-state index contributed by atoms with van der Waals surface area (Å²) >= 11 is 5.95. The molecule has 0 atom stereocenters. The Hall–Kier alpha value is -2.68. The fraction of sp³-hybridized carbons (Fsp3) is 0.273. The molecule has 1 aliphatic heterocycles. The van der Waals surface area contributed by atoms with Crippen LogP contribution in [0.3, 0.4) is 0 Å². The summed E-state index contributed by atoms with van der Waals surface area (Å²) < 4.78 is 24.6. The highest BCUT2D eigenvalue weighted by Crippen LogP contribution is 2.21. The quantitative estimate of drug-likeness (QED) is 0.442. The number of carbonyl (C=O) groups excluding carboxylic acids is 1. The molecule has 7 nitrogen and oxygen atoms in total. The van der Waals surface area contributed by atoms with E-state index < -0.39 is 9.84 Å². The maximum atomic E-state index is 12.3. The number of likely N-dealkylation sites (N-methyl/N-ethyl adjacent to an activating group) is 1. The minimum atomic E-state index is -3.54. The Morgan fingerprint density at radius 2 is 1.97 bits per heavy atom. The Labute approximate surface area is 187 Å². The molecule has 0 aromatic heterocycles. The lowest BCUT2D eigenvalue weighted by atomic mass is 10.1. The van der Waals surface area contributed by atoms with E-state index in [0.29, 0.717) is 6.54 Å². The van der Waals surface area contributed by atoms with Crippen LogP contribution in [0.5, 0.6) is 0 Å². The Balaban J connectivity index is 1.44. The number of amidine groups is 1. The number of rotatable bonds is 9. The van der Waals surface area contributed by atoms with E-state index in [1.54, 1.807) is 30.2 Å². The van der Waals surface area contributed by atoms with Gasteiger partial charge >= 0.3 is 0 Å². The summed E-state index contributed by atoms with van der Waals surface area (Å²) in [5.41, 5.74) is 2.04. The monoisotopic (exact) mass is 460 g/mol. The highest BCUT2D eigenvalue weighted by atomic mass is 35.5. The second kappa shape index (κ2) is 10.6. The fourth-order valence-electron chi connectivity index (χ4n) is 3.05. The second-order valence-corrected chi connectivity index (χ2v) is 9.46. The SMILES string of the molecule is CN(Cc1ccc(C2=NCCN2)cc1)C(=O)C=CCNCS(=O)(=O)c1ccccc1Cl. The molecule has 2 aromatic carbocycles. The summed E-state index contributed by atoms with van der Waals surface area (Å²) in [5.74, 6) is 0.474. The average Bonchev–Trinajstić information content (AvgIpc) is 3.29. The van der Waals surface area contributed by atoms with Gasteiger partial charge in [0, 0.05) is 38.3 Å². The minimum Gasteiger partial charge on any atom is -0.368 e. The zero-order valence-electron chi connectivity index (χ0n) is 17.2. The number of nitrogens with zero attached hydrogens (tertiary/aromatic N) is 2. The van der Waals surface area contributed by atoms with Crippen LogP contribution < -0.4 is 10.6 Å². The first-order valence-corrected chi connectivity index (χ1v) is 11.9. The first-order chi connectivity index (χ1) is 14.9. The summed E-state index contributed by atoms with van der Waals surface area (Å²) in [6.45, 7) is 2.37. The van der Waals surface area contributed by atoms with Crippen LogP contribution >= 0.6 is 11.6 Å². The van der Waals surface area contributed by atoms with Crippen molar-refractivity contribution in [1.29, 1.82) is 0 Å². The zero-order chi connectivity index (χ0) is 22.3. The molecule has 164 valence electrons. The van der Waals surface area contributed by atoms with Crippen molar-refractivity contribution in [3.05, 3.63) is 76.8 Å². The van der Waals surface area contributed by atoms with Crippen LogP contribution in [-0.4, -0.2) is 57.6 Å². The summed E-state index contributed by atoms with van der Waals surface area (Å²) in [7, 11) is -1.82. The number of aliphatic imine (C=N–C) groups is 1. The van der Waals surface area contributed by atoms with Crippen LogP contribution in [-0.2, 0) is 21.2 Å². The van der Waals surface area contributed by atoms with Gasteiger partial charge in [0.15, 0.2) is 9.84 Å². The third-order valence-corrected chi connectivity index (χ3v) is 6.74. The molecule has 3 rings (SSSR count). The van der Waals surface area contributed by atoms with Crippen molar-refractivity contribution >= 4 is 33.2 Å². The molecule has 1 heterocycles. The molecule has 0 fully saturated rings. The van der Waals surface area contributed by atoms with E-state index in [0.717, 1.165) is 30.1 Å².